The number of aliphatic hydroxyl groups is 2. The van der Waals surface area contributed by atoms with Gasteiger partial charge in [-0.2, -0.15) is 0 Å². The highest BCUT2D eigenvalue weighted by Crippen LogP contribution is 2.43. The quantitative estimate of drug-likeness (QED) is 0.0234. The third-order valence-corrected chi connectivity index (χ3v) is 11.9. The van der Waals surface area contributed by atoms with Crippen LogP contribution in [-0.2, 0) is 32.7 Å². The van der Waals surface area contributed by atoms with Gasteiger partial charge < -0.3 is 24.6 Å². The van der Waals surface area contributed by atoms with Gasteiger partial charge in [0.2, 0.25) is 0 Å². The highest BCUT2D eigenvalue weighted by atomic mass is 31.2. The van der Waals surface area contributed by atoms with Gasteiger partial charge in [-0.25, -0.2) is 4.57 Å². The first-order chi connectivity index (χ1) is 28.7. The SMILES string of the molecule is CCCCCCCC/C=C\CCCCCCCCCCCC(=O)OC(COC(=O)CCCCCCCCCCCCCCCCCCC)COP(=O)(O)OCC(O)CO. The van der Waals surface area contributed by atoms with Crippen molar-refractivity contribution in [1.29, 1.82) is 0 Å². The van der Waals surface area contributed by atoms with Crippen molar-refractivity contribution in [3.05, 3.63) is 12.2 Å². The molecule has 3 atom stereocenters. The highest BCUT2D eigenvalue weighted by molar-refractivity contribution is 7.47. The van der Waals surface area contributed by atoms with E-state index in [9.17, 15) is 24.2 Å². The third kappa shape index (κ3) is 44.6. The fourth-order valence-electron chi connectivity index (χ4n) is 7.11. The molecule has 350 valence electrons. The van der Waals surface area contributed by atoms with E-state index in [-0.39, 0.29) is 19.4 Å². The summed E-state index contributed by atoms with van der Waals surface area (Å²) in [7, 11) is -4.62. The van der Waals surface area contributed by atoms with Crippen molar-refractivity contribution in [2.24, 2.45) is 0 Å². The molecule has 0 saturated heterocycles. The summed E-state index contributed by atoms with van der Waals surface area (Å²) >= 11 is 0. The minimum absolute atomic E-state index is 0.187. The van der Waals surface area contributed by atoms with Crippen LogP contribution in [0.1, 0.15) is 245 Å². The molecule has 10 nitrogen and oxygen atoms in total. The van der Waals surface area contributed by atoms with E-state index < -0.39 is 51.8 Å². The Morgan fingerprint density at radius 1 is 0.492 bits per heavy atom. The lowest BCUT2D eigenvalue weighted by molar-refractivity contribution is -0.161. The predicted octanol–water partition coefficient (Wildman–Crippen LogP) is 13.6. The maximum absolute atomic E-state index is 12.7. The van der Waals surface area contributed by atoms with Crippen molar-refractivity contribution in [2.75, 3.05) is 26.4 Å². The number of phosphoric ester groups is 1. The molecule has 0 amide bonds. The van der Waals surface area contributed by atoms with Crippen LogP contribution in [0.5, 0.6) is 0 Å². The third-order valence-electron chi connectivity index (χ3n) is 10.9. The molecular formula is C48H93O10P. The first kappa shape index (κ1) is 57.7. The van der Waals surface area contributed by atoms with Gasteiger partial charge in [0.05, 0.1) is 19.8 Å². The number of carbonyl (C=O) groups excluding carboxylic acids is 2. The number of esters is 2. The van der Waals surface area contributed by atoms with E-state index in [0.29, 0.717) is 12.8 Å². The number of rotatable bonds is 47. The molecule has 59 heavy (non-hydrogen) atoms. The van der Waals surface area contributed by atoms with Gasteiger partial charge in [0.1, 0.15) is 12.7 Å². The predicted molar refractivity (Wildman–Crippen MR) is 242 cm³/mol. The number of ether oxygens (including phenoxy) is 2. The Bertz CT molecular complexity index is 993. The Morgan fingerprint density at radius 3 is 1.22 bits per heavy atom. The second-order valence-electron chi connectivity index (χ2n) is 16.8. The molecule has 0 aliphatic carbocycles. The van der Waals surface area contributed by atoms with Gasteiger partial charge in [-0.05, 0) is 38.5 Å². The number of phosphoric acid groups is 1. The number of carbonyl (C=O) groups is 2. The average Bonchev–Trinajstić information content (AvgIpc) is 3.22. The van der Waals surface area contributed by atoms with Crippen molar-refractivity contribution in [2.45, 2.75) is 257 Å². The van der Waals surface area contributed by atoms with E-state index >= 15 is 0 Å². The zero-order valence-corrected chi connectivity index (χ0v) is 39.1. The molecule has 0 spiro atoms. The van der Waals surface area contributed by atoms with E-state index in [4.69, 9.17) is 23.6 Å². The molecule has 0 rings (SSSR count). The standard InChI is InChI=1S/C48H93O10P/c1-3-5-7-9-11-13-15-17-19-21-22-24-26-28-30-32-34-36-38-40-48(52)58-46(44-57-59(53,54)56-42-45(50)41-49)43-55-47(51)39-37-35-33-31-29-27-25-23-20-18-16-14-12-10-8-6-4-2/h17,19,45-46,49-50H,3-16,18,20-44H2,1-2H3,(H,53,54)/b19-17-. The van der Waals surface area contributed by atoms with Gasteiger partial charge >= 0.3 is 19.8 Å². The normalized spacial score (nSPS) is 13.8. The van der Waals surface area contributed by atoms with Crippen LogP contribution < -0.4 is 0 Å². The largest absolute Gasteiger partial charge is 0.472 e. The Hall–Kier alpha value is -1.29. The molecular weight excluding hydrogens is 767 g/mol. The van der Waals surface area contributed by atoms with Crippen molar-refractivity contribution in [1.82, 2.24) is 0 Å². The van der Waals surface area contributed by atoms with Gasteiger partial charge in [0, 0.05) is 12.8 Å². The molecule has 0 saturated carbocycles. The molecule has 0 bridgehead atoms. The number of unbranched alkanes of at least 4 members (excludes halogenated alkanes) is 31. The van der Waals surface area contributed by atoms with Gasteiger partial charge in [-0.3, -0.25) is 18.6 Å². The number of allylic oxidation sites excluding steroid dienone is 2. The van der Waals surface area contributed by atoms with Crippen molar-refractivity contribution in [3.63, 3.8) is 0 Å². The minimum atomic E-state index is -4.62. The molecule has 0 heterocycles. The van der Waals surface area contributed by atoms with Gasteiger partial charge in [0.15, 0.2) is 6.10 Å². The Morgan fingerprint density at radius 2 is 0.831 bits per heavy atom. The smallest absolute Gasteiger partial charge is 0.462 e. The highest BCUT2D eigenvalue weighted by Gasteiger charge is 2.27. The molecule has 0 aliphatic heterocycles. The van der Waals surface area contributed by atoms with E-state index in [1.54, 1.807) is 0 Å². The summed E-state index contributed by atoms with van der Waals surface area (Å²) in [5.74, 6) is -0.912. The van der Waals surface area contributed by atoms with Crippen molar-refractivity contribution >= 4 is 19.8 Å². The number of aliphatic hydroxyl groups excluding tert-OH is 2. The summed E-state index contributed by atoms with van der Waals surface area (Å²) < 4.78 is 32.8. The Kier molecular flexibility index (Phi) is 43.8. The topological polar surface area (TPSA) is 149 Å². The summed E-state index contributed by atoms with van der Waals surface area (Å²) in [4.78, 5) is 35.1. The molecule has 0 fully saturated rings. The zero-order chi connectivity index (χ0) is 43.3. The lowest BCUT2D eigenvalue weighted by Crippen LogP contribution is -2.29. The molecule has 3 unspecified atom stereocenters. The maximum atomic E-state index is 12.7. The van der Waals surface area contributed by atoms with E-state index in [1.807, 2.05) is 0 Å². The summed E-state index contributed by atoms with van der Waals surface area (Å²) in [6, 6.07) is 0. The van der Waals surface area contributed by atoms with Crippen LogP contribution in [0.25, 0.3) is 0 Å². The van der Waals surface area contributed by atoms with E-state index in [2.05, 4.69) is 26.0 Å². The average molecular weight is 861 g/mol. The second kappa shape index (κ2) is 44.8. The van der Waals surface area contributed by atoms with Crippen LogP contribution in [0.4, 0.5) is 0 Å². The Labute approximate surface area is 362 Å². The van der Waals surface area contributed by atoms with Crippen LogP contribution in [-0.4, -0.2) is 65.7 Å². The van der Waals surface area contributed by atoms with Gasteiger partial charge in [-0.1, -0.05) is 206 Å². The summed E-state index contributed by atoms with van der Waals surface area (Å²) in [5.41, 5.74) is 0. The fraction of sp³-hybridized carbons (Fsp3) is 0.917. The van der Waals surface area contributed by atoms with Crippen LogP contribution in [0.3, 0.4) is 0 Å². The molecule has 0 radical (unpaired) electrons. The molecule has 3 N–H and O–H groups in total. The summed E-state index contributed by atoms with van der Waals surface area (Å²) in [6.07, 6.45) is 44.6. The molecule has 0 aromatic heterocycles. The number of hydrogen-bond acceptors (Lipinski definition) is 9. The monoisotopic (exact) mass is 861 g/mol. The lowest BCUT2D eigenvalue weighted by atomic mass is 10.0. The summed E-state index contributed by atoms with van der Waals surface area (Å²) in [5, 5.41) is 18.4. The van der Waals surface area contributed by atoms with Crippen molar-refractivity contribution in [3.8, 4) is 0 Å². The van der Waals surface area contributed by atoms with Crippen LogP contribution in [0.2, 0.25) is 0 Å². The Balaban J connectivity index is 4.18. The molecule has 11 heteroatoms. The van der Waals surface area contributed by atoms with Gasteiger partial charge in [0.25, 0.3) is 0 Å². The van der Waals surface area contributed by atoms with Crippen LogP contribution >= 0.6 is 7.82 Å². The zero-order valence-electron chi connectivity index (χ0n) is 38.2. The van der Waals surface area contributed by atoms with Crippen LogP contribution in [0.15, 0.2) is 12.2 Å². The molecule has 0 aromatic rings. The van der Waals surface area contributed by atoms with Crippen molar-refractivity contribution < 1.29 is 47.8 Å². The lowest BCUT2D eigenvalue weighted by Gasteiger charge is -2.20. The van der Waals surface area contributed by atoms with Gasteiger partial charge in [-0.15, -0.1) is 0 Å². The van der Waals surface area contributed by atoms with E-state index in [0.717, 1.165) is 32.1 Å². The maximum Gasteiger partial charge on any atom is 0.472 e. The van der Waals surface area contributed by atoms with E-state index in [1.165, 1.54) is 173 Å². The second-order valence-corrected chi connectivity index (χ2v) is 18.3. The minimum Gasteiger partial charge on any atom is -0.462 e. The molecule has 0 aromatic carbocycles. The summed E-state index contributed by atoms with van der Waals surface area (Å²) in [6.45, 7) is 2.43. The van der Waals surface area contributed by atoms with Crippen LogP contribution in [0, 0.1) is 0 Å². The number of hydrogen-bond donors (Lipinski definition) is 3. The fourth-order valence-corrected chi connectivity index (χ4v) is 7.90. The first-order valence-electron chi connectivity index (χ1n) is 24.6. The first-order valence-corrected chi connectivity index (χ1v) is 26.1. The molecule has 0 aliphatic rings.